The molecule has 0 saturated carbocycles. The predicted octanol–water partition coefficient (Wildman–Crippen LogP) is 28.5. The van der Waals surface area contributed by atoms with Crippen molar-refractivity contribution in [2.24, 2.45) is 0 Å². The van der Waals surface area contributed by atoms with Gasteiger partial charge in [0.05, 0.1) is 44.8 Å². The molecule has 0 bridgehead atoms. The molecule has 0 aliphatic carbocycles. The lowest BCUT2D eigenvalue weighted by Gasteiger charge is -2.32. The number of rotatable bonds is 9. The molecule has 0 unspecified atom stereocenters. The van der Waals surface area contributed by atoms with E-state index in [9.17, 15) is 0 Å². The molecule has 0 amide bonds. The van der Waals surface area contributed by atoms with Gasteiger partial charge in [-0.3, -0.25) is 0 Å². The molecule has 4 aliphatic rings. The van der Waals surface area contributed by atoms with Crippen molar-refractivity contribution < 1.29 is 54.9 Å². The molecule has 134 heavy (non-hydrogen) atoms. The molecule has 21 aromatic rings. The SMILES string of the molecule is CC1(C)OB(c2cccc(-c3c4ccccc4cc4c3oc3ccccc34)c2)OC1(C)C.CC1(C)OB(c2cccc(-c3ccc(-c4ccc5oc6cc7ccccc7cc6c5c4)cc3)c2)OC1(C)C.CC1(C)OB(c2ccccc2-c2cccc3c2oc2cc4ccccc4cc23)OC1(C)C.CC1(C)OB(c2ccccc2-c2cccc3oc4cc5ccccc5cc4c23)OC1(C)C. The normalized spacial score (nSPS) is 17.3. The van der Waals surface area contributed by atoms with E-state index in [1.807, 2.05) is 30.3 Å². The fraction of sp³-hybridized carbons (Fsp3) is 0.203. The van der Waals surface area contributed by atoms with Gasteiger partial charge < -0.3 is 54.9 Å². The molecule has 4 aromatic heterocycles. The zero-order valence-electron chi connectivity index (χ0n) is 78.5. The van der Waals surface area contributed by atoms with Crippen LogP contribution in [0.1, 0.15) is 111 Å². The fourth-order valence-corrected chi connectivity index (χ4v) is 19.2. The molecular formula is C118H104B4O12. The number of benzene rings is 17. The van der Waals surface area contributed by atoms with Gasteiger partial charge in [-0.1, -0.05) is 273 Å². The van der Waals surface area contributed by atoms with Crippen LogP contribution in [0.25, 0.3) is 186 Å². The molecule has 660 valence electrons. The Morgan fingerprint density at radius 2 is 0.507 bits per heavy atom. The Morgan fingerprint density at radius 3 is 1.04 bits per heavy atom. The van der Waals surface area contributed by atoms with Crippen molar-refractivity contribution >= 4 is 181 Å². The standard InChI is InChI=1S/C34H29BO3.3C28H25BO3/c1-33(2)34(3,4)38-35(37-33)28-11-7-10-24(18-28)22-12-14-23(15-13-22)27-16-17-31-29(20-27)30-19-25-8-5-6-9-26(25)21-32(30)36-31;1-27(2)28(3,4)32-29(31-27)20-12-9-11-19(16-20)25-21-13-6-5-10-18(21)17-23-22-14-7-8-15-24(22)30-26(23)25;1-27(2)28(3,4)32-29(31-27)24-15-8-7-12-20(24)21-13-9-14-22-23-16-18-10-5-6-11-19(18)17-25(23)30-26(21)22;1-27(2)28(3,4)32-29(31-27)23-14-8-7-12-20(23)21-13-9-15-24-26(21)22-16-18-10-5-6-11-19(18)17-25(22)30-24/h5-21H,1-4H3;3*5-17H,1-4H3. The summed E-state index contributed by atoms with van der Waals surface area (Å²) in [5, 5.41) is 18.6. The van der Waals surface area contributed by atoms with Crippen LogP contribution in [0.15, 0.2) is 357 Å². The summed E-state index contributed by atoms with van der Waals surface area (Å²) in [5.74, 6) is 0. The maximum Gasteiger partial charge on any atom is 0.495 e. The summed E-state index contributed by atoms with van der Waals surface area (Å²) in [5.41, 5.74) is 19.5. The quantitative estimate of drug-likeness (QED) is 0.128. The molecule has 17 aromatic carbocycles. The zero-order valence-corrected chi connectivity index (χ0v) is 78.5. The summed E-state index contributed by atoms with van der Waals surface area (Å²) in [6.45, 7) is 33.4. The van der Waals surface area contributed by atoms with E-state index >= 15 is 0 Å². The molecule has 4 saturated heterocycles. The Morgan fingerprint density at radius 1 is 0.179 bits per heavy atom. The zero-order chi connectivity index (χ0) is 92.3. The maximum atomic E-state index is 6.46. The first-order chi connectivity index (χ1) is 64.3. The molecule has 4 aliphatic heterocycles. The van der Waals surface area contributed by atoms with Crippen LogP contribution in [-0.4, -0.2) is 73.3 Å². The molecular weight excluding hydrogens is 1650 g/mol. The van der Waals surface area contributed by atoms with E-state index in [1.54, 1.807) is 0 Å². The van der Waals surface area contributed by atoms with Crippen molar-refractivity contribution in [2.75, 3.05) is 0 Å². The van der Waals surface area contributed by atoms with Gasteiger partial charge in [0.25, 0.3) is 0 Å². The van der Waals surface area contributed by atoms with Crippen molar-refractivity contribution in [1.82, 2.24) is 0 Å². The van der Waals surface area contributed by atoms with Gasteiger partial charge in [-0.2, -0.15) is 0 Å². The third kappa shape index (κ3) is 15.1. The van der Waals surface area contributed by atoms with Crippen LogP contribution in [0.4, 0.5) is 0 Å². The number of fused-ring (bicyclic) bond motifs is 16. The smallest absolute Gasteiger partial charge is 0.456 e. The van der Waals surface area contributed by atoms with Crippen LogP contribution in [0, 0.1) is 0 Å². The van der Waals surface area contributed by atoms with Gasteiger partial charge in [-0.25, -0.2) is 0 Å². The summed E-state index contributed by atoms with van der Waals surface area (Å²) in [4.78, 5) is 0. The van der Waals surface area contributed by atoms with E-state index in [4.69, 9.17) is 54.9 Å². The average Bonchev–Trinajstić information content (AvgIpc) is 1.62. The first-order valence-corrected chi connectivity index (χ1v) is 46.6. The van der Waals surface area contributed by atoms with Crippen molar-refractivity contribution in [1.29, 1.82) is 0 Å². The van der Waals surface area contributed by atoms with Gasteiger partial charge in [0.2, 0.25) is 0 Å². The van der Waals surface area contributed by atoms with Gasteiger partial charge in [0.1, 0.15) is 44.7 Å². The van der Waals surface area contributed by atoms with Crippen LogP contribution in [0.3, 0.4) is 0 Å². The lowest BCUT2D eigenvalue weighted by molar-refractivity contribution is 0.00578. The Bertz CT molecular complexity index is 8150. The minimum absolute atomic E-state index is 0.357. The fourth-order valence-electron chi connectivity index (χ4n) is 19.2. The van der Waals surface area contributed by atoms with Gasteiger partial charge >= 0.3 is 28.5 Å². The summed E-state index contributed by atoms with van der Waals surface area (Å²) in [6.07, 6.45) is 0. The first-order valence-electron chi connectivity index (χ1n) is 46.6. The molecule has 0 spiro atoms. The van der Waals surface area contributed by atoms with Crippen LogP contribution in [-0.2, 0) is 37.2 Å². The minimum Gasteiger partial charge on any atom is -0.456 e. The van der Waals surface area contributed by atoms with Crippen molar-refractivity contribution in [3.05, 3.63) is 340 Å². The second-order valence-corrected chi connectivity index (χ2v) is 40.3. The Hall–Kier alpha value is -13.1. The molecule has 12 nitrogen and oxygen atoms in total. The number of para-hydroxylation sites is 2. The maximum absolute atomic E-state index is 6.46. The van der Waals surface area contributed by atoms with E-state index in [1.165, 1.54) is 54.2 Å². The lowest BCUT2D eigenvalue weighted by Crippen LogP contribution is -2.41. The number of hydrogen-bond donors (Lipinski definition) is 0. The molecule has 4 fully saturated rings. The van der Waals surface area contributed by atoms with Gasteiger partial charge in [0, 0.05) is 54.2 Å². The highest BCUT2D eigenvalue weighted by molar-refractivity contribution is 6.65. The van der Waals surface area contributed by atoms with E-state index in [0.29, 0.717) is 0 Å². The summed E-state index contributed by atoms with van der Waals surface area (Å²) >= 11 is 0. The van der Waals surface area contributed by atoms with E-state index in [-0.39, 0.29) is 29.5 Å². The highest BCUT2D eigenvalue weighted by Gasteiger charge is 2.56. The summed E-state index contributed by atoms with van der Waals surface area (Å²) < 4.78 is 76.1. The first kappa shape index (κ1) is 86.3. The topological polar surface area (TPSA) is 126 Å². The van der Waals surface area contributed by atoms with Crippen molar-refractivity contribution in [3.63, 3.8) is 0 Å². The molecule has 0 atom stereocenters. The number of hydrogen-bond acceptors (Lipinski definition) is 12. The Kier molecular flexibility index (Phi) is 20.9. The molecule has 0 radical (unpaired) electrons. The van der Waals surface area contributed by atoms with E-state index in [0.717, 1.165) is 154 Å². The minimum atomic E-state index is -0.432. The van der Waals surface area contributed by atoms with Crippen LogP contribution >= 0.6 is 0 Å². The third-order valence-corrected chi connectivity index (χ3v) is 29.6. The van der Waals surface area contributed by atoms with E-state index < -0.39 is 43.8 Å². The highest BCUT2D eigenvalue weighted by atomic mass is 16.7. The largest absolute Gasteiger partial charge is 0.495 e. The Labute approximate surface area is 781 Å². The highest BCUT2D eigenvalue weighted by Crippen LogP contribution is 2.48. The molecule has 0 N–H and O–H groups in total. The van der Waals surface area contributed by atoms with E-state index in [2.05, 4.69) is 420 Å². The summed E-state index contributed by atoms with van der Waals surface area (Å²) in [7, 11) is -1.63. The van der Waals surface area contributed by atoms with Crippen LogP contribution in [0.2, 0.25) is 0 Å². The Balaban J connectivity index is 0.000000104. The van der Waals surface area contributed by atoms with Crippen molar-refractivity contribution in [3.8, 4) is 55.6 Å². The predicted molar refractivity (Wildman–Crippen MR) is 555 cm³/mol. The van der Waals surface area contributed by atoms with Crippen molar-refractivity contribution in [2.45, 2.75) is 156 Å². The van der Waals surface area contributed by atoms with Gasteiger partial charge in [-0.15, -0.1) is 0 Å². The van der Waals surface area contributed by atoms with Gasteiger partial charge in [-0.05, 0) is 287 Å². The lowest BCUT2D eigenvalue weighted by atomic mass is 9.74. The molecule has 8 heterocycles. The second-order valence-electron chi connectivity index (χ2n) is 40.3. The van der Waals surface area contributed by atoms with Gasteiger partial charge in [0.15, 0.2) is 0 Å². The van der Waals surface area contributed by atoms with Crippen LogP contribution in [0.5, 0.6) is 0 Å². The monoisotopic (exact) mass is 1760 g/mol. The summed E-state index contributed by atoms with van der Waals surface area (Å²) in [6, 6.07) is 119. The van der Waals surface area contributed by atoms with Crippen LogP contribution < -0.4 is 21.9 Å². The number of furan rings is 4. The third-order valence-electron chi connectivity index (χ3n) is 29.6. The average molecular weight is 1760 g/mol. The second kappa shape index (κ2) is 32.4. The molecule has 25 rings (SSSR count). The molecule has 16 heteroatoms.